The van der Waals surface area contributed by atoms with Crippen LogP contribution < -0.4 is 10.1 Å². The van der Waals surface area contributed by atoms with Crippen molar-refractivity contribution in [3.63, 3.8) is 0 Å². The number of carbonyl (C=O) groups excluding carboxylic acids is 1. The van der Waals surface area contributed by atoms with E-state index in [1.165, 1.54) is 7.11 Å². The minimum Gasteiger partial charge on any atom is -0.497 e. The summed E-state index contributed by atoms with van der Waals surface area (Å²) >= 11 is 3.49. The number of ether oxygens (including phenoxy) is 2. The van der Waals surface area contributed by atoms with Crippen LogP contribution in [0.3, 0.4) is 0 Å². The van der Waals surface area contributed by atoms with E-state index in [0.717, 1.165) is 15.8 Å². The number of hydrogen-bond acceptors (Lipinski definition) is 4. The number of rotatable bonds is 6. The number of carbonyl (C=O) groups is 1. The third kappa shape index (κ3) is 4.51. The molecule has 0 bridgehead atoms. The molecule has 1 rings (SSSR count). The molecule has 106 valence electrons. The molecule has 0 aromatic heterocycles. The fraction of sp³-hybridized carbons (Fsp3) is 0.500. The lowest BCUT2D eigenvalue weighted by Crippen LogP contribution is -2.41. The molecule has 1 atom stereocenters. The quantitative estimate of drug-likeness (QED) is 0.815. The Morgan fingerprint density at radius 2 is 2.05 bits per heavy atom. The maximum absolute atomic E-state index is 11.7. The third-order valence-corrected chi connectivity index (χ3v) is 3.66. The smallest absolute Gasteiger partial charge is 0.323 e. The Hall–Kier alpha value is -1.07. The standard InChI is InChI=1S/C14H20BrNO3/c1-9(2)13(14(17)19-4)16-8-10-7-11(18-3)5-6-12(10)15/h5-7,9,13,16H,8H2,1-4H3/t13-/m0/s1. The summed E-state index contributed by atoms with van der Waals surface area (Å²) in [5.41, 5.74) is 1.04. The molecule has 0 radical (unpaired) electrons. The van der Waals surface area contributed by atoms with Gasteiger partial charge in [0.05, 0.1) is 14.2 Å². The van der Waals surface area contributed by atoms with Crippen molar-refractivity contribution in [3.05, 3.63) is 28.2 Å². The van der Waals surface area contributed by atoms with E-state index in [0.29, 0.717) is 6.54 Å². The second kappa shape index (κ2) is 7.50. The average Bonchev–Trinajstić information content (AvgIpc) is 2.40. The summed E-state index contributed by atoms with van der Waals surface area (Å²) in [6.45, 7) is 4.53. The molecule has 4 nitrogen and oxygen atoms in total. The summed E-state index contributed by atoms with van der Waals surface area (Å²) in [4.78, 5) is 11.7. The molecule has 1 aromatic rings. The molecule has 0 aliphatic heterocycles. The molecule has 5 heteroatoms. The van der Waals surface area contributed by atoms with Crippen LogP contribution in [0.5, 0.6) is 5.75 Å². The van der Waals surface area contributed by atoms with Gasteiger partial charge in [-0.1, -0.05) is 29.8 Å². The molecule has 0 saturated heterocycles. The topological polar surface area (TPSA) is 47.6 Å². The monoisotopic (exact) mass is 329 g/mol. The van der Waals surface area contributed by atoms with Crippen LogP contribution in [0.4, 0.5) is 0 Å². The van der Waals surface area contributed by atoms with Gasteiger partial charge in [-0.2, -0.15) is 0 Å². The van der Waals surface area contributed by atoms with E-state index in [4.69, 9.17) is 9.47 Å². The minimum atomic E-state index is -0.317. The van der Waals surface area contributed by atoms with Crippen LogP contribution in [0.2, 0.25) is 0 Å². The second-order valence-corrected chi connectivity index (χ2v) is 5.44. The highest BCUT2D eigenvalue weighted by molar-refractivity contribution is 9.10. The van der Waals surface area contributed by atoms with Crippen LogP contribution in [-0.4, -0.2) is 26.2 Å². The molecule has 0 heterocycles. The highest BCUT2D eigenvalue weighted by Gasteiger charge is 2.22. The van der Waals surface area contributed by atoms with E-state index in [1.807, 2.05) is 32.0 Å². The maximum Gasteiger partial charge on any atom is 0.323 e. The van der Waals surface area contributed by atoms with Gasteiger partial charge in [0.25, 0.3) is 0 Å². The molecule has 0 saturated carbocycles. The number of benzene rings is 1. The predicted octanol–water partition coefficient (Wildman–Crippen LogP) is 2.74. The number of halogens is 1. The van der Waals surface area contributed by atoms with Crippen LogP contribution in [0.15, 0.2) is 22.7 Å². The first-order chi connectivity index (χ1) is 8.99. The fourth-order valence-electron chi connectivity index (χ4n) is 1.75. The highest BCUT2D eigenvalue weighted by atomic mass is 79.9. The molecule has 0 spiro atoms. The highest BCUT2D eigenvalue weighted by Crippen LogP contribution is 2.22. The molecule has 1 aromatic carbocycles. The largest absolute Gasteiger partial charge is 0.497 e. The average molecular weight is 330 g/mol. The maximum atomic E-state index is 11.7. The van der Waals surface area contributed by atoms with Crippen molar-refractivity contribution in [1.29, 1.82) is 0 Å². The second-order valence-electron chi connectivity index (χ2n) is 4.58. The Bertz CT molecular complexity index is 435. The van der Waals surface area contributed by atoms with Crippen LogP contribution in [0.1, 0.15) is 19.4 Å². The first kappa shape index (κ1) is 16.0. The van der Waals surface area contributed by atoms with Gasteiger partial charge in [0.15, 0.2) is 0 Å². The first-order valence-corrected chi connectivity index (χ1v) is 6.92. The zero-order valence-electron chi connectivity index (χ0n) is 11.7. The molecular formula is C14H20BrNO3. The van der Waals surface area contributed by atoms with Gasteiger partial charge >= 0.3 is 5.97 Å². The van der Waals surface area contributed by atoms with Gasteiger partial charge in [-0.25, -0.2) is 0 Å². The molecule has 19 heavy (non-hydrogen) atoms. The number of nitrogens with one attached hydrogen (secondary N) is 1. The molecule has 0 fully saturated rings. The zero-order valence-corrected chi connectivity index (χ0v) is 13.3. The van der Waals surface area contributed by atoms with E-state index in [9.17, 15) is 4.79 Å². The molecule has 1 N–H and O–H groups in total. The van der Waals surface area contributed by atoms with Gasteiger partial charge in [-0.05, 0) is 29.7 Å². The minimum absolute atomic E-state index is 0.164. The van der Waals surface area contributed by atoms with Crippen molar-refractivity contribution in [1.82, 2.24) is 5.32 Å². The SMILES string of the molecule is COC(=O)[C@@H](NCc1cc(OC)ccc1Br)C(C)C. The van der Waals surface area contributed by atoms with E-state index in [-0.39, 0.29) is 17.9 Å². The van der Waals surface area contributed by atoms with E-state index >= 15 is 0 Å². The Labute approximate surface area is 122 Å². The van der Waals surface area contributed by atoms with Crippen molar-refractivity contribution >= 4 is 21.9 Å². The van der Waals surface area contributed by atoms with Crippen molar-refractivity contribution in [2.45, 2.75) is 26.4 Å². The molecular weight excluding hydrogens is 310 g/mol. The Kier molecular flexibility index (Phi) is 6.31. The number of hydrogen-bond donors (Lipinski definition) is 1. The molecule has 0 aliphatic rings. The van der Waals surface area contributed by atoms with Crippen LogP contribution in [-0.2, 0) is 16.1 Å². The van der Waals surface area contributed by atoms with Gasteiger partial charge in [0.2, 0.25) is 0 Å². The lowest BCUT2D eigenvalue weighted by atomic mass is 10.0. The first-order valence-electron chi connectivity index (χ1n) is 6.13. The Morgan fingerprint density at radius 3 is 2.58 bits per heavy atom. The van der Waals surface area contributed by atoms with Crippen molar-refractivity contribution in [2.24, 2.45) is 5.92 Å². The normalized spacial score (nSPS) is 12.3. The zero-order chi connectivity index (χ0) is 14.4. The van der Waals surface area contributed by atoms with Crippen molar-refractivity contribution in [3.8, 4) is 5.75 Å². The van der Waals surface area contributed by atoms with Crippen molar-refractivity contribution in [2.75, 3.05) is 14.2 Å². The molecule has 0 amide bonds. The predicted molar refractivity (Wildman–Crippen MR) is 78.2 cm³/mol. The summed E-state index contributed by atoms with van der Waals surface area (Å²) in [5.74, 6) is 0.713. The Morgan fingerprint density at radius 1 is 1.37 bits per heavy atom. The lowest BCUT2D eigenvalue weighted by Gasteiger charge is -2.20. The number of methoxy groups -OCH3 is 2. The van der Waals surface area contributed by atoms with Gasteiger partial charge in [0, 0.05) is 11.0 Å². The Balaban J connectivity index is 2.76. The summed E-state index contributed by atoms with van der Waals surface area (Å²) in [6.07, 6.45) is 0. The van der Waals surface area contributed by atoms with Gasteiger partial charge in [-0.3, -0.25) is 4.79 Å². The van der Waals surface area contributed by atoms with E-state index in [1.54, 1.807) is 7.11 Å². The van der Waals surface area contributed by atoms with Gasteiger partial charge in [0.1, 0.15) is 11.8 Å². The van der Waals surface area contributed by atoms with Crippen LogP contribution in [0.25, 0.3) is 0 Å². The number of esters is 1. The van der Waals surface area contributed by atoms with Gasteiger partial charge < -0.3 is 14.8 Å². The van der Waals surface area contributed by atoms with E-state index in [2.05, 4.69) is 21.2 Å². The van der Waals surface area contributed by atoms with Crippen LogP contribution in [0, 0.1) is 5.92 Å². The molecule has 0 aliphatic carbocycles. The van der Waals surface area contributed by atoms with Gasteiger partial charge in [-0.15, -0.1) is 0 Å². The fourth-order valence-corrected chi connectivity index (χ4v) is 2.14. The summed E-state index contributed by atoms with van der Waals surface area (Å²) in [7, 11) is 3.03. The lowest BCUT2D eigenvalue weighted by molar-refractivity contribution is -0.144. The van der Waals surface area contributed by atoms with Crippen LogP contribution >= 0.6 is 15.9 Å². The van der Waals surface area contributed by atoms with Crippen molar-refractivity contribution < 1.29 is 14.3 Å². The summed E-state index contributed by atoms with van der Waals surface area (Å²) < 4.78 is 11.0. The molecule has 0 unspecified atom stereocenters. The third-order valence-electron chi connectivity index (χ3n) is 2.89. The van der Waals surface area contributed by atoms with E-state index < -0.39 is 0 Å². The summed E-state index contributed by atoms with van der Waals surface area (Å²) in [5, 5.41) is 3.22. The summed E-state index contributed by atoms with van der Waals surface area (Å²) in [6, 6.07) is 5.43.